The molecule has 1 aliphatic rings. The Balaban J connectivity index is -0.000000320. The predicted octanol–water partition coefficient (Wildman–Crippen LogP) is -6.19. The summed E-state index contributed by atoms with van der Waals surface area (Å²) in [4.78, 5) is 36.1. The molecular weight excluding hydrogens is 312 g/mol. The molecular formula is C6H7Mg2O10P. The van der Waals surface area contributed by atoms with Gasteiger partial charge in [-0.2, -0.15) is 7.82 Å². The summed E-state index contributed by atoms with van der Waals surface area (Å²) in [5, 5.41) is 36.8. The zero-order chi connectivity index (χ0) is 13.8. The number of carbonyl (C=O) groups excluding carboxylic acids is 1. The fourth-order valence-electron chi connectivity index (χ4n) is 0.815. The van der Waals surface area contributed by atoms with Crippen molar-refractivity contribution in [2.75, 3.05) is 6.61 Å². The minimum atomic E-state index is -5.39. The molecule has 0 fully saturated rings. The van der Waals surface area contributed by atoms with Crippen LogP contribution in [-0.2, 0) is 14.1 Å². The molecule has 3 N–H and O–H groups in total. The third-order valence-corrected chi connectivity index (χ3v) is 1.46. The van der Waals surface area contributed by atoms with Crippen molar-refractivity contribution in [3.8, 4) is 0 Å². The van der Waals surface area contributed by atoms with Gasteiger partial charge in [0.2, 0.25) is 0 Å². The summed E-state index contributed by atoms with van der Waals surface area (Å²) in [6.45, 7) is -0.699. The average Bonchev–Trinajstić information content (AvgIpc) is 2.42. The molecule has 0 saturated heterocycles. The second-order valence-electron chi connectivity index (χ2n) is 2.74. The first-order valence-electron chi connectivity index (χ1n) is 3.91. The van der Waals surface area contributed by atoms with Crippen LogP contribution in [0.15, 0.2) is 11.5 Å². The predicted molar refractivity (Wildman–Crippen MR) is 51.7 cm³/mol. The summed E-state index contributed by atoms with van der Waals surface area (Å²) < 4.78 is 12.8. The number of aliphatic hydroxyl groups excluding tert-OH is 3. The van der Waals surface area contributed by atoms with Crippen molar-refractivity contribution >= 4 is 59.9 Å². The maximum Gasteiger partial charge on any atom is 2.00 e. The molecule has 10 nitrogen and oxygen atoms in total. The van der Waals surface area contributed by atoms with Gasteiger partial charge in [-0.05, 0) is 0 Å². The molecule has 0 aliphatic carbocycles. The van der Waals surface area contributed by atoms with E-state index in [4.69, 9.17) is 34.6 Å². The second-order valence-corrected chi connectivity index (χ2v) is 3.63. The van der Waals surface area contributed by atoms with Gasteiger partial charge in [-0.3, -0.25) is 0 Å². The van der Waals surface area contributed by atoms with Gasteiger partial charge in [0.15, 0.2) is 6.10 Å². The molecule has 2 atom stereocenters. The van der Waals surface area contributed by atoms with Crippen molar-refractivity contribution in [1.29, 1.82) is 0 Å². The summed E-state index contributed by atoms with van der Waals surface area (Å²) in [6, 6.07) is 0. The maximum absolute atomic E-state index is 10.6. The molecule has 0 aromatic heterocycles. The number of hydrogen-bond acceptors (Lipinski definition) is 10. The topological polar surface area (TPSA) is 196 Å². The van der Waals surface area contributed by atoms with Crippen molar-refractivity contribution in [1.82, 2.24) is 0 Å². The first kappa shape index (κ1) is 24.4. The van der Waals surface area contributed by atoms with Crippen LogP contribution in [0.1, 0.15) is 0 Å². The minimum Gasteiger partial charge on any atom is -0.865 e. The van der Waals surface area contributed by atoms with Gasteiger partial charge in [0.05, 0.1) is 6.61 Å². The average molecular weight is 319 g/mol. The van der Waals surface area contributed by atoms with Crippen LogP contribution in [0.3, 0.4) is 0 Å². The van der Waals surface area contributed by atoms with Crippen molar-refractivity contribution < 1.29 is 49.2 Å². The van der Waals surface area contributed by atoms with Crippen molar-refractivity contribution in [2.24, 2.45) is 0 Å². The van der Waals surface area contributed by atoms with Crippen molar-refractivity contribution in [3.05, 3.63) is 11.5 Å². The molecule has 1 rings (SSSR count). The molecule has 19 heavy (non-hydrogen) atoms. The van der Waals surface area contributed by atoms with E-state index in [-0.39, 0.29) is 46.1 Å². The number of ether oxygens (including phenoxy) is 1. The third kappa shape index (κ3) is 9.84. The van der Waals surface area contributed by atoms with Crippen molar-refractivity contribution in [3.63, 3.8) is 0 Å². The maximum atomic E-state index is 10.6. The Hall–Kier alpha value is 0.372. The normalized spacial score (nSPS) is 19.4. The molecule has 0 radical (unpaired) electrons. The van der Waals surface area contributed by atoms with E-state index in [0.29, 0.717) is 0 Å². The van der Waals surface area contributed by atoms with Crippen LogP contribution in [0.2, 0.25) is 0 Å². The molecule has 0 bridgehead atoms. The van der Waals surface area contributed by atoms with Gasteiger partial charge in [-0.15, -0.1) is 0 Å². The van der Waals surface area contributed by atoms with E-state index in [0.717, 1.165) is 0 Å². The number of rotatable bonds is 2. The summed E-state index contributed by atoms with van der Waals surface area (Å²) in [6.07, 6.45) is -2.88. The summed E-state index contributed by atoms with van der Waals surface area (Å²) in [7, 11) is -5.39. The van der Waals surface area contributed by atoms with Crippen LogP contribution in [0.5, 0.6) is 0 Å². The Morgan fingerprint density at radius 3 is 1.89 bits per heavy atom. The number of carbonyl (C=O) groups is 1. The van der Waals surface area contributed by atoms with Crippen LogP contribution in [0, 0.1) is 0 Å². The zero-order valence-corrected chi connectivity index (χ0v) is 13.1. The van der Waals surface area contributed by atoms with E-state index in [1.807, 2.05) is 0 Å². The number of cyclic esters (lactones) is 1. The molecule has 0 amide bonds. The largest absolute Gasteiger partial charge is 2.00 e. The Kier molecular flexibility index (Phi) is 13.0. The number of aliphatic hydroxyl groups is 3. The number of phosphoric acid groups is 1. The van der Waals surface area contributed by atoms with Gasteiger partial charge in [0.25, 0.3) is 0 Å². The van der Waals surface area contributed by atoms with Gasteiger partial charge in [0, 0.05) is 5.76 Å². The summed E-state index contributed by atoms with van der Waals surface area (Å²) >= 11 is 0. The minimum absolute atomic E-state index is 0. The number of hydrogen-bond donors (Lipinski definition) is 3. The summed E-state index contributed by atoms with van der Waals surface area (Å²) in [5.74, 6) is -3.25. The smallest absolute Gasteiger partial charge is 0.865 e. The first-order valence-corrected chi connectivity index (χ1v) is 5.37. The Morgan fingerprint density at radius 2 is 1.68 bits per heavy atom. The van der Waals surface area contributed by atoms with E-state index in [9.17, 15) is 9.90 Å². The second kappa shape index (κ2) is 10.2. The Morgan fingerprint density at radius 1 is 1.32 bits per heavy atom. The molecule has 0 aromatic carbocycles. The van der Waals surface area contributed by atoms with Gasteiger partial charge < -0.3 is 44.4 Å². The quantitative estimate of drug-likeness (QED) is 0.250. The molecule has 1 aliphatic heterocycles. The van der Waals surface area contributed by atoms with Gasteiger partial charge in [0.1, 0.15) is 11.9 Å². The molecule has 1 unspecified atom stereocenters. The SMILES string of the molecule is O=C1O[C@H](C(O)CO)C(O)=C1[O-].O=P([O-])([O-])[O-].[Mg+2].[Mg+2]. The van der Waals surface area contributed by atoms with E-state index in [2.05, 4.69) is 4.74 Å². The third-order valence-electron chi connectivity index (χ3n) is 1.46. The van der Waals surface area contributed by atoms with E-state index < -0.39 is 44.1 Å². The van der Waals surface area contributed by atoms with Gasteiger partial charge in [-0.1, -0.05) is 0 Å². The van der Waals surface area contributed by atoms with Crippen LogP contribution in [-0.4, -0.2) is 86.2 Å². The van der Waals surface area contributed by atoms with Gasteiger partial charge >= 0.3 is 52.1 Å². The van der Waals surface area contributed by atoms with Crippen molar-refractivity contribution in [2.45, 2.75) is 12.2 Å². The van der Waals surface area contributed by atoms with Crippen LogP contribution >= 0.6 is 7.82 Å². The molecule has 1 heterocycles. The standard InChI is InChI=1S/C6H8O6.2Mg.H3O4P/c7-1-2(8)5-3(9)4(10)6(11)12-5;;;1-5(2,3)4/h2,5,7-10H,1H2;;;(H3,1,2,3,4)/q;2*+2;/p-4/t2?,5-;;;/m1.../s1. The van der Waals surface area contributed by atoms with E-state index in [1.165, 1.54) is 0 Å². The van der Waals surface area contributed by atoms with E-state index >= 15 is 0 Å². The molecule has 0 aromatic rings. The molecule has 0 spiro atoms. The zero-order valence-electron chi connectivity index (χ0n) is 9.42. The van der Waals surface area contributed by atoms with Crippen LogP contribution in [0.25, 0.3) is 0 Å². The number of esters is 1. The monoisotopic (exact) mass is 318 g/mol. The molecule has 100 valence electrons. The fraction of sp³-hybridized carbons (Fsp3) is 0.500. The Labute approximate surface area is 139 Å². The molecule has 0 saturated carbocycles. The fourth-order valence-corrected chi connectivity index (χ4v) is 0.815. The first-order chi connectivity index (χ1) is 7.57. The van der Waals surface area contributed by atoms with Gasteiger partial charge in [-0.25, -0.2) is 4.79 Å². The van der Waals surface area contributed by atoms with Crippen LogP contribution < -0.4 is 19.8 Å². The van der Waals surface area contributed by atoms with Crippen LogP contribution in [0.4, 0.5) is 0 Å². The Bertz CT molecular complexity index is 357. The van der Waals surface area contributed by atoms with E-state index in [1.54, 1.807) is 0 Å². The summed E-state index contributed by atoms with van der Waals surface area (Å²) in [5.41, 5.74) is 0. The molecule has 13 heteroatoms.